The minimum atomic E-state index is -4.77. The molecule has 0 bridgehead atoms. The molecule has 1 unspecified atom stereocenters. The third-order valence-corrected chi connectivity index (χ3v) is 3.91. The van der Waals surface area contributed by atoms with Crippen LogP contribution >= 0.6 is 11.3 Å². The quantitative estimate of drug-likeness (QED) is 0.894. The van der Waals surface area contributed by atoms with Gasteiger partial charge in [0.1, 0.15) is 0 Å². The van der Waals surface area contributed by atoms with Gasteiger partial charge in [-0.2, -0.15) is 13.2 Å². The summed E-state index contributed by atoms with van der Waals surface area (Å²) in [6.07, 6.45) is -5.79. The topological polar surface area (TPSA) is 65.5 Å². The first-order valence-electron chi connectivity index (χ1n) is 6.55. The van der Waals surface area contributed by atoms with E-state index < -0.39 is 24.9 Å². The molecule has 2 aromatic rings. The Balaban J connectivity index is 1.97. The van der Waals surface area contributed by atoms with Gasteiger partial charge in [-0.3, -0.25) is 5.32 Å². The number of nitrogens with one attached hydrogen (secondary N) is 1. The summed E-state index contributed by atoms with van der Waals surface area (Å²) in [6, 6.07) is 8.57. The van der Waals surface area contributed by atoms with Gasteiger partial charge in [0.15, 0.2) is 11.2 Å². The van der Waals surface area contributed by atoms with E-state index in [1.807, 2.05) is 30.3 Å². The highest BCUT2D eigenvalue weighted by Gasteiger charge is 2.39. The molecular weight excluding hydrogens is 331 g/mol. The number of aliphatic hydroxyl groups is 1. The predicted octanol–water partition coefficient (Wildman–Crippen LogP) is 3.20. The Morgan fingerprint density at radius 3 is 2.65 bits per heavy atom. The van der Waals surface area contributed by atoms with Gasteiger partial charge in [-0.25, -0.2) is 9.78 Å². The lowest BCUT2D eigenvalue weighted by Crippen LogP contribution is -2.43. The van der Waals surface area contributed by atoms with E-state index in [0.717, 1.165) is 22.4 Å². The highest BCUT2D eigenvalue weighted by molar-refractivity contribution is 7.19. The summed E-state index contributed by atoms with van der Waals surface area (Å²) in [4.78, 5) is 17.4. The molecule has 0 saturated heterocycles. The number of urea groups is 1. The smallest absolute Gasteiger partial charge is 0.382 e. The Hall–Kier alpha value is -2.13. The van der Waals surface area contributed by atoms with Gasteiger partial charge in [0.05, 0.1) is 11.4 Å². The Kier molecular flexibility index (Phi) is 5.22. The van der Waals surface area contributed by atoms with Crippen molar-refractivity contribution in [2.45, 2.75) is 12.3 Å². The van der Waals surface area contributed by atoms with E-state index in [1.165, 1.54) is 11.3 Å². The van der Waals surface area contributed by atoms with Crippen LogP contribution < -0.4 is 5.32 Å². The van der Waals surface area contributed by atoms with Crippen molar-refractivity contribution in [1.82, 2.24) is 9.88 Å². The zero-order chi connectivity index (χ0) is 17.0. The first kappa shape index (κ1) is 17.2. The van der Waals surface area contributed by atoms with E-state index in [1.54, 1.807) is 6.20 Å². The van der Waals surface area contributed by atoms with E-state index in [2.05, 4.69) is 10.3 Å². The fraction of sp³-hybridized carbons (Fsp3) is 0.286. The van der Waals surface area contributed by atoms with Crippen LogP contribution in [0.3, 0.4) is 0 Å². The number of alkyl halides is 3. The molecule has 1 heterocycles. The number of rotatable bonds is 4. The summed E-state index contributed by atoms with van der Waals surface area (Å²) in [6.45, 7) is -0.855. The minimum Gasteiger partial charge on any atom is -0.382 e. The third-order valence-electron chi connectivity index (χ3n) is 2.95. The fourth-order valence-corrected chi connectivity index (χ4v) is 2.51. The Morgan fingerprint density at radius 2 is 2.04 bits per heavy atom. The maximum atomic E-state index is 12.3. The van der Waals surface area contributed by atoms with E-state index >= 15 is 0 Å². The van der Waals surface area contributed by atoms with Crippen LogP contribution in [0.25, 0.3) is 10.4 Å². The third kappa shape index (κ3) is 4.67. The number of thiazole rings is 1. The number of carbonyl (C=O) groups excluding carboxylic acids is 1. The number of amides is 2. The van der Waals surface area contributed by atoms with Gasteiger partial charge in [0.25, 0.3) is 0 Å². The van der Waals surface area contributed by atoms with Crippen molar-refractivity contribution >= 4 is 22.5 Å². The minimum absolute atomic E-state index is 0.266. The summed E-state index contributed by atoms with van der Waals surface area (Å²) in [5.74, 6) is 0. The van der Waals surface area contributed by atoms with E-state index in [4.69, 9.17) is 5.11 Å². The molecular formula is C14H14F3N3O2S. The molecule has 0 spiro atoms. The molecule has 2 amide bonds. The molecule has 23 heavy (non-hydrogen) atoms. The van der Waals surface area contributed by atoms with E-state index in [9.17, 15) is 18.0 Å². The van der Waals surface area contributed by atoms with Crippen molar-refractivity contribution < 1.29 is 23.1 Å². The largest absolute Gasteiger partial charge is 0.416 e. The number of anilines is 1. The Bertz CT molecular complexity index is 661. The Labute approximate surface area is 134 Å². The lowest BCUT2D eigenvalue weighted by atomic mass is 10.2. The second kappa shape index (κ2) is 6.97. The monoisotopic (exact) mass is 345 g/mol. The number of nitrogens with zero attached hydrogens (tertiary/aromatic N) is 2. The number of benzene rings is 1. The summed E-state index contributed by atoms with van der Waals surface area (Å²) < 4.78 is 36.8. The number of aliphatic hydroxyl groups excluding tert-OH is 1. The van der Waals surface area contributed by atoms with Gasteiger partial charge in [0.2, 0.25) is 0 Å². The SMILES string of the molecule is CN(CC(O)C(F)(F)F)C(=O)Nc1ncc(-c2ccccc2)s1. The van der Waals surface area contributed by atoms with Gasteiger partial charge in [-0.05, 0) is 5.56 Å². The second-order valence-corrected chi connectivity index (χ2v) is 5.79. The maximum Gasteiger partial charge on any atom is 0.416 e. The number of likely N-dealkylation sites (N-methyl/N-ethyl adjacent to an activating group) is 1. The summed E-state index contributed by atoms with van der Waals surface area (Å²) in [7, 11) is 1.16. The number of aromatic nitrogens is 1. The van der Waals surface area contributed by atoms with Crippen LogP contribution in [0.2, 0.25) is 0 Å². The van der Waals surface area contributed by atoms with E-state index in [-0.39, 0.29) is 5.13 Å². The highest BCUT2D eigenvalue weighted by atomic mass is 32.1. The van der Waals surface area contributed by atoms with Crippen LogP contribution in [0.15, 0.2) is 36.5 Å². The molecule has 0 radical (unpaired) electrons. The van der Waals surface area contributed by atoms with Crippen molar-refractivity contribution in [2.24, 2.45) is 0 Å². The molecule has 0 aliphatic heterocycles. The van der Waals surface area contributed by atoms with Crippen LogP contribution in [-0.2, 0) is 0 Å². The molecule has 5 nitrogen and oxygen atoms in total. The zero-order valence-electron chi connectivity index (χ0n) is 12.0. The van der Waals surface area contributed by atoms with Gasteiger partial charge in [-0.15, -0.1) is 0 Å². The average Bonchev–Trinajstić information content (AvgIpc) is 2.95. The van der Waals surface area contributed by atoms with Crippen LogP contribution in [0, 0.1) is 0 Å². The second-order valence-electron chi connectivity index (χ2n) is 4.76. The molecule has 1 aromatic carbocycles. The van der Waals surface area contributed by atoms with Gasteiger partial charge >= 0.3 is 12.2 Å². The normalized spacial score (nSPS) is 12.7. The molecule has 2 N–H and O–H groups in total. The molecule has 1 aromatic heterocycles. The van der Waals surface area contributed by atoms with Crippen molar-refractivity contribution in [2.75, 3.05) is 18.9 Å². The standard InChI is InChI=1S/C14H14F3N3O2S/c1-20(8-11(21)14(15,16)17)13(22)19-12-18-7-10(23-12)9-5-3-2-4-6-9/h2-7,11,21H,8H2,1H3,(H,18,19,22). The number of hydrogen-bond acceptors (Lipinski definition) is 4. The number of carbonyl (C=O) groups is 1. The fourth-order valence-electron chi connectivity index (χ4n) is 1.70. The Morgan fingerprint density at radius 1 is 1.39 bits per heavy atom. The van der Waals surface area contributed by atoms with Crippen LogP contribution in [-0.4, -0.2) is 46.9 Å². The van der Waals surface area contributed by atoms with Crippen LogP contribution in [0.1, 0.15) is 0 Å². The molecule has 0 aliphatic carbocycles. The summed E-state index contributed by atoms with van der Waals surface area (Å²) in [5, 5.41) is 11.6. The lowest BCUT2D eigenvalue weighted by molar-refractivity contribution is -0.205. The molecule has 2 rings (SSSR count). The van der Waals surface area contributed by atoms with Crippen LogP contribution in [0.4, 0.5) is 23.1 Å². The van der Waals surface area contributed by atoms with Gasteiger partial charge < -0.3 is 10.0 Å². The predicted molar refractivity (Wildman–Crippen MR) is 81.3 cm³/mol. The van der Waals surface area contributed by atoms with E-state index in [0.29, 0.717) is 0 Å². The maximum absolute atomic E-state index is 12.3. The van der Waals surface area contributed by atoms with Gasteiger partial charge in [-0.1, -0.05) is 41.7 Å². The van der Waals surface area contributed by atoms with Crippen molar-refractivity contribution in [1.29, 1.82) is 0 Å². The molecule has 1 atom stereocenters. The molecule has 0 fully saturated rings. The molecule has 9 heteroatoms. The first-order chi connectivity index (χ1) is 10.8. The summed E-state index contributed by atoms with van der Waals surface area (Å²) in [5.41, 5.74) is 0.923. The number of halogens is 3. The summed E-state index contributed by atoms with van der Waals surface area (Å²) >= 11 is 1.20. The molecule has 124 valence electrons. The molecule has 0 aliphatic rings. The number of hydrogen-bond donors (Lipinski definition) is 2. The average molecular weight is 345 g/mol. The van der Waals surface area contributed by atoms with Crippen molar-refractivity contribution in [3.8, 4) is 10.4 Å². The first-order valence-corrected chi connectivity index (χ1v) is 7.37. The van der Waals surface area contributed by atoms with Crippen molar-refractivity contribution in [3.05, 3.63) is 36.5 Å². The van der Waals surface area contributed by atoms with Crippen LogP contribution in [0.5, 0.6) is 0 Å². The zero-order valence-corrected chi connectivity index (χ0v) is 12.9. The highest BCUT2D eigenvalue weighted by Crippen LogP contribution is 2.28. The van der Waals surface area contributed by atoms with Crippen molar-refractivity contribution in [3.63, 3.8) is 0 Å². The molecule has 0 saturated carbocycles. The van der Waals surface area contributed by atoms with Gasteiger partial charge in [0, 0.05) is 13.2 Å². The lowest BCUT2D eigenvalue weighted by Gasteiger charge is -2.22.